The molecular weight excluding hydrogens is 925 g/mol. The Hall–Kier alpha value is -1.59. The Labute approximate surface area is 469 Å². The summed E-state index contributed by atoms with van der Waals surface area (Å²) in [7, 11) is 0. The van der Waals surface area contributed by atoms with Crippen LogP contribution < -0.4 is 0 Å². The summed E-state index contributed by atoms with van der Waals surface area (Å²) in [6.07, 6.45) is 69.7. The van der Waals surface area contributed by atoms with Crippen molar-refractivity contribution >= 4 is 17.9 Å². The fraction of sp³-hybridized carbons (Fsp3) is 0.957. The fourth-order valence-corrected chi connectivity index (χ4v) is 10.8. The lowest BCUT2D eigenvalue weighted by Gasteiger charge is -2.18. The minimum atomic E-state index is -0.764. The Morgan fingerprint density at radius 3 is 0.653 bits per heavy atom. The first-order valence-corrected chi connectivity index (χ1v) is 34.2. The van der Waals surface area contributed by atoms with Gasteiger partial charge in [-0.1, -0.05) is 356 Å². The summed E-state index contributed by atoms with van der Waals surface area (Å²) < 4.78 is 17.0. The van der Waals surface area contributed by atoms with E-state index in [4.69, 9.17) is 14.2 Å². The zero-order valence-corrected chi connectivity index (χ0v) is 51.7. The van der Waals surface area contributed by atoms with Gasteiger partial charge in [-0.2, -0.15) is 0 Å². The number of carbonyl (C=O) groups is 3. The molecule has 0 bridgehead atoms. The number of hydrogen-bond acceptors (Lipinski definition) is 6. The van der Waals surface area contributed by atoms with E-state index in [1.165, 1.54) is 283 Å². The quantitative estimate of drug-likeness (QED) is 0.0343. The molecule has 0 aromatic rings. The topological polar surface area (TPSA) is 78.9 Å². The van der Waals surface area contributed by atoms with E-state index in [-0.39, 0.29) is 31.1 Å². The van der Waals surface area contributed by atoms with Gasteiger partial charge in [0.15, 0.2) is 6.10 Å². The first-order valence-electron chi connectivity index (χ1n) is 34.2. The van der Waals surface area contributed by atoms with Gasteiger partial charge in [-0.25, -0.2) is 0 Å². The molecule has 0 unspecified atom stereocenters. The zero-order valence-electron chi connectivity index (χ0n) is 51.7. The van der Waals surface area contributed by atoms with Gasteiger partial charge in [0.25, 0.3) is 0 Å². The van der Waals surface area contributed by atoms with Crippen LogP contribution in [0.5, 0.6) is 0 Å². The molecule has 0 aliphatic carbocycles. The third-order valence-corrected chi connectivity index (χ3v) is 16.0. The van der Waals surface area contributed by atoms with Gasteiger partial charge < -0.3 is 14.2 Å². The predicted octanol–water partition coefficient (Wildman–Crippen LogP) is 23.2. The molecule has 0 radical (unpaired) electrons. The van der Waals surface area contributed by atoms with E-state index in [1.54, 1.807) is 0 Å². The van der Waals surface area contributed by atoms with Crippen molar-refractivity contribution in [2.24, 2.45) is 11.8 Å². The second kappa shape index (κ2) is 61.6. The molecule has 0 aromatic carbocycles. The van der Waals surface area contributed by atoms with Crippen molar-refractivity contribution in [1.82, 2.24) is 0 Å². The van der Waals surface area contributed by atoms with E-state index >= 15 is 0 Å². The molecule has 0 N–H and O–H groups in total. The largest absolute Gasteiger partial charge is 0.462 e. The summed E-state index contributed by atoms with van der Waals surface area (Å²) in [5.41, 5.74) is 0. The average molecular weight is 1060 g/mol. The molecule has 0 aliphatic heterocycles. The number of esters is 3. The summed E-state index contributed by atoms with van der Waals surface area (Å²) >= 11 is 0. The Kier molecular flexibility index (Phi) is 60.3. The van der Waals surface area contributed by atoms with Crippen molar-refractivity contribution in [3.63, 3.8) is 0 Å². The van der Waals surface area contributed by atoms with Gasteiger partial charge in [-0.05, 0) is 31.1 Å². The van der Waals surface area contributed by atoms with Gasteiger partial charge >= 0.3 is 17.9 Å². The van der Waals surface area contributed by atoms with Crippen LogP contribution in [0.4, 0.5) is 0 Å². The van der Waals surface area contributed by atoms with Crippen molar-refractivity contribution < 1.29 is 28.6 Å². The summed E-state index contributed by atoms with van der Waals surface area (Å²) in [4.78, 5) is 38.4. The van der Waals surface area contributed by atoms with Crippen LogP contribution in [0.15, 0.2) is 0 Å². The van der Waals surface area contributed by atoms with E-state index < -0.39 is 6.10 Å². The Bertz CT molecular complexity index is 1150. The van der Waals surface area contributed by atoms with Crippen molar-refractivity contribution in [2.75, 3.05) is 13.2 Å². The molecule has 0 aromatic heterocycles. The second-order valence-electron chi connectivity index (χ2n) is 24.8. The number of ether oxygens (including phenoxy) is 3. The molecular formula is C69H134O6. The highest BCUT2D eigenvalue weighted by Crippen LogP contribution is 2.20. The molecule has 0 spiro atoms. The van der Waals surface area contributed by atoms with Gasteiger partial charge in [0.05, 0.1) is 0 Å². The summed E-state index contributed by atoms with van der Waals surface area (Å²) in [5, 5.41) is 0. The maximum atomic E-state index is 12.9. The van der Waals surface area contributed by atoms with Crippen molar-refractivity contribution in [1.29, 1.82) is 0 Å². The molecule has 0 aliphatic rings. The van der Waals surface area contributed by atoms with Crippen molar-refractivity contribution in [3.05, 3.63) is 0 Å². The summed E-state index contributed by atoms with van der Waals surface area (Å²) in [6, 6.07) is 0. The first kappa shape index (κ1) is 73.4. The lowest BCUT2D eigenvalue weighted by molar-refractivity contribution is -0.167. The molecule has 0 saturated heterocycles. The van der Waals surface area contributed by atoms with Gasteiger partial charge in [-0.3, -0.25) is 14.4 Å². The third-order valence-electron chi connectivity index (χ3n) is 16.0. The predicted molar refractivity (Wildman–Crippen MR) is 326 cm³/mol. The monoisotopic (exact) mass is 1060 g/mol. The molecule has 0 amide bonds. The molecule has 0 saturated carbocycles. The Morgan fingerprint density at radius 2 is 0.440 bits per heavy atom. The summed E-state index contributed by atoms with van der Waals surface area (Å²) in [5.74, 6) is 0.882. The minimum Gasteiger partial charge on any atom is -0.462 e. The normalized spacial score (nSPS) is 12.0. The van der Waals surface area contributed by atoms with Gasteiger partial charge in [0, 0.05) is 19.3 Å². The van der Waals surface area contributed by atoms with Crippen LogP contribution in [-0.2, 0) is 28.6 Å². The van der Waals surface area contributed by atoms with Crippen LogP contribution >= 0.6 is 0 Å². The molecule has 0 rings (SSSR count). The number of rotatable bonds is 63. The van der Waals surface area contributed by atoms with Crippen LogP contribution in [0.3, 0.4) is 0 Å². The standard InChI is InChI=1S/C69H134O6/c1-6-7-8-9-10-11-12-13-14-15-19-24-29-34-39-44-49-54-59-67(70)73-62-66(63-74-68(71)60-55-50-45-40-35-30-26-21-23-28-33-38-43-48-53-58-65(4)5)75-69(72)61-56-51-46-41-36-31-25-20-17-16-18-22-27-32-37-42-47-52-57-64(2)3/h64-66H,6-63H2,1-5H3/t66-/m1/s1. The SMILES string of the molecule is CCCCCCCCCCCCCCCCCCCCC(=O)OC[C@H](COC(=O)CCCCCCCCCCCCCCCCCC(C)C)OC(=O)CCCCCCCCCCCCCCCCCCCCC(C)C. The maximum Gasteiger partial charge on any atom is 0.306 e. The first-order chi connectivity index (χ1) is 36.7. The molecule has 75 heavy (non-hydrogen) atoms. The van der Waals surface area contributed by atoms with E-state index in [2.05, 4.69) is 34.6 Å². The highest BCUT2D eigenvalue weighted by Gasteiger charge is 2.20. The lowest BCUT2D eigenvalue weighted by Crippen LogP contribution is -2.30. The van der Waals surface area contributed by atoms with Gasteiger partial charge in [0.2, 0.25) is 0 Å². The van der Waals surface area contributed by atoms with Gasteiger partial charge in [0.1, 0.15) is 13.2 Å². The average Bonchev–Trinajstić information content (AvgIpc) is 3.39. The highest BCUT2D eigenvalue weighted by atomic mass is 16.6. The van der Waals surface area contributed by atoms with Crippen LogP contribution in [-0.4, -0.2) is 37.2 Å². The second-order valence-corrected chi connectivity index (χ2v) is 24.8. The Balaban J connectivity index is 4.28. The highest BCUT2D eigenvalue weighted by molar-refractivity contribution is 5.71. The maximum absolute atomic E-state index is 12.9. The molecule has 0 heterocycles. The number of hydrogen-bond donors (Lipinski definition) is 0. The summed E-state index contributed by atoms with van der Waals surface area (Å²) in [6.45, 7) is 11.5. The third kappa shape index (κ3) is 63.1. The molecule has 6 heteroatoms. The lowest BCUT2D eigenvalue weighted by atomic mass is 10.0. The van der Waals surface area contributed by atoms with Crippen LogP contribution in [0, 0.1) is 11.8 Å². The van der Waals surface area contributed by atoms with Crippen LogP contribution in [0.2, 0.25) is 0 Å². The van der Waals surface area contributed by atoms with Crippen molar-refractivity contribution in [2.45, 2.75) is 400 Å². The zero-order chi connectivity index (χ0) is 54.6. The smallest absolute Gasteiger partial charge is 0.306 e. The molecule has 0 fully saturated rings. The van der Waals surface area contributed by atoms with E-state index in [1.807, 2.05) is 0 Å². The van der Waals surface area contributed by atoms with E-state index in [0.717, 1.165) is 69.6 Å². The van der Waals surface area contributed by atoms with E-state index in [0.29, 0.717) is 19.3 Å². The van der Waals surface area contributed by atoms with Crippen molar-refractivity contribution in [3.8, 4) is 0 Å². The van der Waals surface area contributed by atoms with Crippen LogP contribution in [0.1, 0.15) is 394 Å². The van der Waals surface area contributed by atoms with Crippen LogP contribution in [0.25, 0.3) is 0 Å². The van der Waals surface area contributed by atoms with E-state index in [9.17, 15) is 14.4 Å². The fourth-order valence-electron chi connectivity index (χ4n) is 10.8. The van der Waals surface area contributed by atoms with Gasteiger partial charge in [-0.15, -0.1) is 0 Å². The molecule has 446 valence electrons. The molecule has 1 atom stereocenters. The Morgan fingerprint density at radius 1 is 0.253 bits per heavy atom. The molecule has 6 nitrogen and oxygen atoms in total. The minimum absolute atomic E-state index is 0.0613. The number of unbranched alkanes of at least 4 members (excludes halogenated alkanes) is 48. The number of carbonyl (C=O) groups excluding carboxylic acids is 3.